The predicted molar refractivity (Wildman–Crippen MR) is 182 cm³/mol. The number of carbonyl (C=O) groups is 2. The smallest absolute Gasteiger partial charge is 0.335 e. The van der Waals surface area contributed by atoms with Crippen LogP contribution in [0.3, 0.4) is 0 Å². The molecule has 0 saturated carbocycles. The fourth-order valence-corrected chi connectivity index (χ4v) is 6.36. The van der Waals surface area contributed by atoms with Crippen LogP contribution in [0.1, 0.15) is 67.7 Å². The van der Waals surface area contributed by atoms with Gasteiger partial charge in [-0.05, 0) is 119 Å². The molecule has 0 aromatic heterocycles. The van der Waals surface area contributed by atoms with Gasteiger partial charge in [0.05, 0.1) is 5.56 Å². The molecule has 4 aromatic rings. The van der Waals surface area contributed by atoms with Gasteiger partial charge in [0.15, 0.2) is 5.78 Å². The van der Waals surface area contributed by atoms with E-state index in [1.165, 1.54) is 0 Å². The second-order valence-corrected chi connectivity index (χ2v) is 13.0. The van der Waals surface area contributed by atoms with Crippen molar-refractivity contribution >= 4 is 34.5 Å². The zero-order valence-corrected chi connectivity index (χ0v) is 26.7. The normalized spacial score (nSPS) is 15.4. The lowest BCUT2D eigenvalue weighted by molar-refractivity contribution is 0.0696. The molecule has 0 aliphatic carbocycles. The Morgan fingerprint density at radius 3 is 1.39 bits per heavy atom. The minimum atomic E-state index is -0.904. The van der Waals surface area contributed by atoms with Gasteiger partial charge >= 0.3 is 5.97 Å². The zero-order chi connectivity index (χ0) is 31.9. The highest BCUT2D eigenvalue weighted by atomic mass is 16.4. The van der Waals surface area contributed by atoms with Crippen LogP contribution in [0.25, 0.3) is 0 Å². The molecule has 5 rings (SSSR count). The molecule has 0 bridgehead atoms. The number of nitrogens with one attached hydrogen (secondary N) is 1. The summed E-state index contributed by atoms with van der Waals surface area (Å²) < 4.78 is 0. The summed E-state index contributed by atoms with van der Waals surface area (Å²) in [6, 6.07) is 35.0. The van der Waals surface area contributed by atoms with E-state index >= 15 is 0 Å². The molecule has 0 amide bonds. The molecule has 1 aliphatic heterocycles. The van der Waals surface area contributed by atoms with Crippen molar-refractivity contribution in [3.63, 3.8) is 0 Å². The molecule has 230 valence electrons. The Hall–Kier alpha value is -4.42. The summed E-state index contributed by atoms with van der Waals surface area (Å²) in [5, 5.41) is 12.5. The fraction of sp³-hybridized carbons (Fsp3) is 0.316. The second-order valence-electron chi connectivity index (χ2n) is 13.0. The van der Waals surface area contributed by atoms with Gasteiger partial charge in [-0.1, -0.05) is 36.4 Å². The first-order valence-corrected chi connectivity index (χ1v) is 15.2. The van der Waals surface area contributed by atoms with E-state index in [2.05, 4.69) is 50.0 Å². The lowest BCUT2D eigenvalue weighted by Crippen LogP contribution is -2.57. The average Bonchev–Trinajstić information content (AvgIpc) is 3.00. The van der Waals surface area contributed by atoms with E-state index in [1.807, 2.05) is 91.8 Å². The number of Topliss-reactive ketones (excluding diaryl/α,β-unsaturated/α-hetero) is 1. The first kappa shape index (κ1) is 32.5. The van der Waals surface area contributed by atoms with Gasteiger partial charge in [-0.2, -0.15) is 0 Å². The maximum atomic E-state index is 12.9. The van der Waals surface area contributed by atoms with Crippen LogP contribution in [-0.2, 0) is 0 Å². The third kappa shape index (κ3) is 8.80. The number of piperidine rings is 1. The monoisotopic (exact) mass is 591 g/mol. The lowest BCUT2D eigenvalue weighted by Gasteiger charge is -2.46. The van der Waals surface area contributed by atoms with Crippen molar-refractivity contribution in [3.05, 3.63) is 120 Å². The van der Waals surface area contributed by atoms with Crippen LogP contribution in [0.5, 0.6) is 0 Å². The number of carbonyl (C=O) groups excluding carboxylic acids is 1. The second kappa shape index (κ2) is 13.9. The quantitative estimate of drug-likeness (QED) is 0.200. The van der Waals surface area contributed by atoms with Crippen molar-refractivity contribution in [3.8, 4) is 0 Å². The lowest BCUT2D eigenvalue weighted by atomic mass is 9.74. The number of benzene rings is 4. The van der Waals surface area contributed by atoms with E-state index in [1.54, 1.807) is 24.3 Å². The maximum Gasteiger partial charge on any atom is 0.335 e. The zero-order valence-electron chi connectivity index (χ0n) is 26.7. The Morgan fingerprint density at radius 1 is 0.636 bits per heavy atom. The third-order valence-electron chi connectivity index (χ3n) is 8.11. The van der Waals surface area contributed by atoms with E-state index in [0.29, 0.717) is 17.9 Å². The van der Waals surface area contributed by atoms with Gasteiger partial charge in [-0.3, -0.25) is 4.79 Å². The van der Waals surface area contributed by atoms with Crippen LogP contribution >= 0.6 is 0 Å². The van der Waals surface area contributed by atoms with Gasteiger partial charge in [0.25, 0.3) is 0 Å². The molecule has 6 nitrogen and oxygen atoms in total. The summed E-state index contributed by atoms with van der Waals surface area (Å²) >= 11 is 0. The Morgan fingerprint density at radius 2 is 1.00 bits per heavy atom. The van der Waals surface area contributed by atoms with Crippen molar-refractivity contribution in [2.24, 2.45) is 5.92 Å². The van der Waals surface area contributed by atoms with Crippen LogP contribution in [0, 0.1) is 5.92 Å². The summed E-state index contributed by atoms with van der Waals surface area (Å²) in [4.78, 5) is 27.7. The van der Waals surface area contributed by atoms with E-state index in [-0.39, 0.29) is 16.9 Å². The van der Waals surface area contributed by atoms with Gasteiger partial charge in [-0.15, -0.1) is 0 Å². The first-order chi connectivity index (χ1) is 20.8. The highest BCUT2D eigenvalue weighted by Gasteiger charge is 2.38. The number of nitrogens with zero attached hydrogens (tertiary/aromatic N) is 2. The molecule has 0 unspecified atom stereocenters. The van der Waals surface area contributed by atoms with Gasteiger partial charge in [0, 0.05) is 59.9 Å². The summed E-state index contributed by atoms with van der Waals surface area (Å²) in [7, 11) is 4.00. The number of carboxylic acids is 1. The Kier molecular flexibility index (Phi) is 10.3. The van der Waals surface area contributed by atoms with E-state index in [0.717, 1.165) is 41.2 Å². The van der Waals surface area contributed by atoms with Crippen molar-refractivity contribution in [1.29, 1.82) is 0 Å². The van der Waals surface area contributed by atoms with E-state index in [9.17, 15) is 9.59 Å². The number of hydrogen-bond acceptors (Lipinski definition) is 5. The minimum Gasteiger partial charge on any atom is -0.478 e. The molecule has 6 heteroatoms. The summed E-state index contributed by atoms with van der Waals surface area (Å²) in [6.45, 7) is 8.94. The molecule has 44 heavy (non-hydrogen) atoms. The van der Waals surface area contributed by atoms with E-state index < -0.39 is 5.97 Å². The van der Waals surface area contributed by atoms with Crippen LogP contribution < -0.4 is 15.1 Å². The Bertz CT molecular complexity index is 1500. The van der Waals surface area contributed by atoms with Crippen LogP contribution in [-0.4, -0.2) is 42.0 Å². The Labute approximate surface area is 262 Å². The van der Waals surface area contributed by atoms with Gasteiger partial charge in [0.1, 0.15) is 0 Å². The summed E-state index contributed by atoms with van der Waals surface area (Å²) in [5.41, 5.74) is 5.52. The SMILES string of the molecule is CN(c1ccccc1)c1ccc(C(=O)CC2CC(C)(C)NC(C)(C)C2)cc1.CN(c1ccccc1)c1ccc(C(=O)O)cc1. The molecule has 1 fully saturated rings. The minimum absolute atomic E-state index is 0.0783. The third-order valence-corrected chi connectivity index (χ3v) is 8.11. The summed E-state index contributed by atoms with van der Waals surface area (Å²) in [6.07, 6.45) is 2.70. The maximum absolute atomic E-state index is 12.9. The molecule has 0 atom stereocenters. The van der Waals surface area contributed by atoms with E-state index in [4.69, 9.17) is 5.11 Å². The largest absolute Gasteiger partial charge is 0.478 e. The molecule has 2 N–H and O–H groups in total. The molecule has 1 saturated heterocycles. The van der Waals surface area contributed by atoms with Crippen LogP contribution in [0.15, 0.2) is 109 Å². The highest BCUT2D eigenvalue weighted by molar-refractivity contribution is 5.96. The van der Waals surface area contributed by atoms with Crippen molar-refractivity contribution in [1.82, 2.24) is 5.32 Å². The Balaban J connectivity index is 0.000000223. The first-order valence-electron chi connectivity index (χ1n) is 15.2. The van der Waals surface area contributed by atoms with Gasteiger partial charge < -0.3 is 20.2 Å². The fourth-order valence-electron chi connectivity index (χ4n) is 6.36. The number of rotatable bonds is 8. The van der Waals surface area contributed by atoms with Gasteiger partial charge in [-0.25, -0.2) is 4.79 Å². The van der Waals surface area contributed by atoms with Crippen LogP contribution in [0.2, 0.25) is 0 Å². The van der Waals surface area contributed by atoms with Crippen molar-refractivity contribution < 1.29 is 14.7 Å². The number of hydrogen-bond donors (Lipinski definition) is 2. The number of ketones is 1. The topological polar surface area (TPSA) is 72.9 Å². The number of carboxylic acid groups (broad SMARTS) is 1. The molecule has 1 aliphatic rings. The number of aromatic carboxylic acids is 1. The molecule has 4 aromatic carbocycles. The number of para-hydroxylation sites is 2. The average molecular weight is 592 g/mol. The van der Waals surface area contributed by atoms with Gasteiger partial charge in [0.2, 0.25) is 0 Å². The standard InChI is InChI=1S/C24H32N2O.C14H13NO2/c1-23(2)16-18(17-24(3,4)25-23)15-22(27)19-11-13-21(14-12-19)26(5)20-9-7-6-8-10-20;1-15(12-5-3-2-4-6-12)13-9-7-11(8-10-13)14(16)17/h6-14,18,25H,15-17H2,1-5H3;2-10H,1H3,(H,16,17). The van der Waals surface area contributed by atoms with Crippen molar-refractivity contribution in [2.45, 2.75) is 58.0 Å². The summed E-state index contributed by atoms with van der Waals surface area (Å²) in [5.74, 6) is -0.225. The van der Waals surface area contributed by atoms with Crippen LogP contribution in [0.4, 0.5) is 22.7 Å². The molecule has 0 spiro atoms. The predicted octanol–water partition coefficient (Wildman–Crippen LogP) is 8.74. The molecule has 1 heterocycles. The highest BCUT2D eigenvalue weighted by Crippen LogP contribution is 2.35. The number of anilines is 4. The molecule has 0 radical (unpaired) electrons. The molecular formula is C38H45N3O3. The van der Waals surface area contributed by atoms with Crippen molar-refractivity contribution in [2.75, 3.05) is 23.9 Å². The molecular weight excluding hydrogens is 546 g/mol.